The number of nitrogens with zero attached hydrogens (tertiary/aromatic N) is 2. The van der Waals surface area contributed by atoms with Crippen molar-refractivity contribution in [2.24, 2.45) is 7.05 Å². The third-order valence-electron chi connectivity index (χ3n) is 2.09. The second-order valence-electron chi connectivity index (χ2n) is 3.27. The first kappa shape index (κ1) is 8.74. The highest BCUT2D eigenvalue weighted by Gasteiger charge is 2.03. The summed E-state index contributed by atoms with van der Waals surface area (Å²) in [6.07, 6.45) is 0. The summed E-state index contributed by atoms with van der Waals surface area (Å²) in [5, 5.41) is 4.06. The van der Waals surface area contributed by atoms with Crippen molar-refractivity contribution in [1.82, 2.24) is 14.8 Å². The van der Waals surface area contributed by atoms with Crippen LogP contribution in [-0.4, -0.2) is 14.8 Å². The normalized spacial score (nSPS) is 10.4. The van der Waals surface area contributed by atoms with Gasteiger partial charge in [-0.3, -0.25) is 4.98 Å². The summed E-state index contributed by atoms with van der Waals surface area (Å²) < 4.78 is 1.29. The fourth-order valence-corrected chi connectivity index (χ4v) is 1.24. The standard InChI is InChI=1S/C10H11N3O/c1-7-3-5-8(6-4-7)9-11-10(14)13(2)12-9/h3-6H,1-2H3,(H,11,12,14). The Morgan fingerprint density at radius 1 is 1.29 bits per heavy atom. The Morgan fingerprint density at radius 2 is 1.93 bits per heavy atom. The van der Waals surface area contributed by atoms with Crippen molar-refractivity contribution < 1.29 is 0 Å². The van der Waals surface area contributed by atoms with E-state index in [9.17, 15) is 4.79 Å². The van der Waals surface area contributed by atoms with E-state index >= 15 is 0 Å². The molecule has 0 fully saturated rings. The maximum atomic E-state index is 11.1. The molecule has 0 amide bonds. The Kier molecular flexibility index (Phi) is 1.96. The molecule has 0 unspecified atom stereocenters. The van der Waals surface area contributed by atoms with Crippen molar-refractivity contribution in [3.05, 3.63) is 40.3 Å². The molecule has 1 aromatic carbocycles. The quantitative estimate of drug-likeness (QED) is 0.729. The highest BCUT2D eigenvalue weighted by atomic mass is 16.1. The van der Waals surface area contributed by atoms with Gasteiger partial charge in [-0.15, -0.1) is 0 Å². The molecule has 4 heteroatoms. The average Bonchev–Trinajstić information content (AvgIpc) is 2.48. The number of aryl methyl sites for hydroxylation is 2. The molecule has 2 rings (SSSR count). The molecule has 0 saturated heterocycles. The summed E-state index contributed by atoms with van der Waals surface area (Å²) >= 11 is 0. The van der Waals surface area contributed by atoms with Gasteiger partial charge in [-0.25, -0.2) is 9.48 Å². The number of nitrogens with one attached hydrogen (secondary N) is 1. The van der Waals surface area contributed by atoms with Crippen LogP contribution in [0, 0.1) is 6.92 Å². The Hall–Kier alpha value is -1.84. The van der Waals surface area contributed by atoms with Gasteiger partial charge in [0.05, 0.1) is 0 Å². The van der Waals surface area contributed by atoms with Gasteiger partial charge in [-0.1, -0.05) is 29.8 Å². The van der Waals surface area contributed by atoms with E-state index in [0.29, 0.717) is 5.82 Å². The van der Waals surface area contributed by atoms with E-state index in [1.807, 2.05) is 31.2 Å². The minimum absolute atomic E-state index is 0.194. The molecule has 0 saturated carbocycles. The van der Waals surface area contributed by atoms with Crippen LogP contribution in [-0.2, 0) is 7.05 Å². The van der Waals surface area contributed by atoms with Crippen LogP contribution in [0.25, 0.3) is 11.4 Å². The van der Waals surface area contributed by atoms with Crippen molar-refractivity contribution in [3.63, 3.8) is 0 Å². The summed E-state index contributed by atoms with van der Waals surface area (Å²) in [6.45, 7) is 2.02. The summed E-state index contributed by atoms with van der Waals surface area (Å²) in [7, 11) is 1.62. The number of rotatable bonds is 1. The largest absolute Gasteiger partial charge is 0.343 e. The van der Waals surface area contributed by atoms with E-state index < -0.39 is 0 Å². The van der Waals surface area contributed by atoms with E-state index in [0.717, 1.165) is 5.56 Å². The first-order valence-electron chi connectivity index (χ1n) is 4.37. The van der Waals surface area contributed by atoms with Crippen molar-refractivity contribution in [3.8, 4) is 11.4 Å². The van der Waals surface area contributed by atoms with Crippen LogP contribution in [0.1, 0.15) is 5.56 Å². The highest BCUT2D eigenvalue weighted by molar-refractivity contribution is 5.54. The summed E-state index contributed by atoms with van der Waals surface area (Å²) in [4.78, 5) is 13.8. The second-order valence-corrected chi connectivity index (χ2v) is 3.27. The van der Waals surface area contributed by atoms with Gasteiger partial charge in [-0.05, 0) is 6.92 Å². The lowest BCUT2D eigenvalue weighted by molar-refractivity contribution is 0.736. The van der Waals surface area contributed by atoms with E-state index in [4.69, 9.17) is 0 Å². The Morgan fingerprint density at radius 3 is 2.43 bits per heavy atom. The zero-order chi connectivity index (χ0) is 10.1. The van der Waals surface area contributed by atoms with Crippen molar-refractivity contribution in [2.45, 2.75) is 6.92 Å². The molecule has 0 aliphatic carbocycles. The molecule has 14 heavy (non-hydrogen) atoms. The summed E-state index contributed by atoms with van der Waals surface area (Å²) in [5.41, 5.74) is 1.92. The van der Waals surface area contributed by atoms with Gasteiger partial charge >= 0.3 is 5.69 Å². The molecule has 0 spiro atoms. The molecule has 0 aliphatic heterocycles. The molecular weight excluding hydrogens is 178 g/mol. The van der Waals surface area contributed by atoms with E-state index in [1.165, 1.54) is 10.2 Å². The first-order chi connectivity index (χ1) is 6.66. The molecule has 0 radical (unpaired) electrons. The van der Waals surface area contributed by atoms with Gasteiger partial charge in [0, 0.05) is 12.6 Å². The van der Waals surface area contributed by atoms with Crippen LogP contribution in [0.5, 0.6) is 0 Å². The van der Waals surface area contributed by atoms with Gasteiger partial charge in [0.2, 0.25) is 0 Å². The predicted molar refractivity (Wildman–Crippen MR) is 54.0 cm³/mol. The number of H-pyrrole nitrogens is 1. The van der Waals surface area contributed by atoms with Gasteiger partial charge in [0.25, 0.3) is 0 Å². The zero-order valence-corrected chi connectivity index (χ0v) is 8.11. The van der Waals surface area contributed by atoms with Crippen molar-refractivity contribution >= 4 is 0 Å². The molecule has 4 nitrogen and oxygen atoms in total. The van der Waals surface area contributed by atoms with Crippen LogP contribution >= 0.6 is 0 Å². The monoisotopic (exact) mass is 189 g/mol. The number of benzene rings is 1. The van der Waals surface area contributed by atoms with Crippen LogP contribution in [0.15, 0.2) is 29.1 Å². The summed E-state index contributed by atoms with van der Waals surface area (Å²) in [6, 6.07) is 7.85. The third kappa shape index (κ3) is 1.46. The number of aromatic amines is 1. The zero-order valence-electron chi connectivity index (χ0n) is 8.11. The second kappa shape index (κ2) is 3.14. The number of hydrogen-bond donors (Lipinski definition) is 1. The van der Waals surface area contributed by atoms with Gasteiger partial charge in [-0.2, -0.15) is 5.10 Å². The highest BCUT2D eigenvalue weighted by Crippen LogP contribution is 2.13. The van der Waals surface area contributed by atoms with E-state index in [2.05, 4.69) is 10.1 Å². The molecular formula is C10H11N3O. The molecule has 72 valence electrons. The lowest BCUT2D eigenvalue weighted by atomic mass is 10.1. The maximum absolute atomic E-state index is 11.1. The molecule has 1 aromatic heterocycles. The fraction of sp³-hybridized carbons (Fsp3) is 0.200. The molecule has 2 aromatic rings. The first-order valence-corrected chi connectivity index (χ1v) is 4.37. The third-order valence-corrected chi connectivity index (χ3v) is 2.09. The van der Waals surface area contributed by atoms with Gasteiger partial charge in [0.1, 0.15) is 0 Å². The van der Waals surface area contributed by atoms with Crippen LogP contribution in [0.2, 0.25) is 0 Å². The SMILES string of the molecule is Cc1ccc(-c2nn(C)c(=O)[nH]2)cc1. The van der Waals surface area contributed by atoms with E-state index in [-0.39, 0.29) is 5.69 Å². The lowest BCUT2D eigenvalue weighted by Crippen LogP contribution is -2.13. The lowest BCUT2D eigenvalue weighted by Gasteiger charge is -1.95. The minimum atomic E-state index is -0.194. The Labute approximate surface area is 81.2 Å². The Bertz CT molecular complexity index is 493. The molecule has 0 bridgehead atoms. The minimum Gasteiger partial charge on any atom is -0.289 e. The van der Waals surface area contributed by atoms with Crippen LogP contribution in [0.4, 0.5) is 0 Å². The molecule has 1 N–H and O–H groups in total. The number of aromatic nitrogens is 3. The number of hydrogen-bond acceptors (Lipinski definition) is 2. The smallest absolute Gasteiger partial charge is 0.289 e. The Balaban J connectivity index is 2.49. The van der Waals surface area contributed by atoms with Crippen LogP contribution < -0.4 is 5.69 Å². The fourth-order valence-electron chi connectivity index (χ4n) is 1.24. The van der Waals surface area contributed by atoms with Gasteiger partial charge < -0.3 is 0 Å². The summed E-state index contributed by atoms with van der Waals surface area (Å²) in [5.74, 6) is 0.609. The average molecular weight is 189 g/mol. The van der Waals surface area contributed by atoms with Crippen LogP contribution in [0.3, 0.4) is 0 Å². The van der Waals surface area contributed by atoms with E-state index in [1.54, 1.807) is 7.05 Å². The van der Waals surface area contributed by atoms with Gasteiger partial charge in [0.15, 0.2) is 5.82 Å². The molecule has 1 heterocycles. The topological polar surface area (TPSA) is 50.7 Å². The predicted octanol–water partition coefficient (Wildman–Crippen LogP) is 1.08. The maximum Gasteiger partial charge on any atom is 0.343 e. The van der Waals surface area contributed by atoms with Crippen molar-refractivity contribution in [1.29, 1.82) is 0 Å². The molecule has 0 aliphatic rings. The molecule has 0 atom stereocenters. The van der Waals surface area contributed by atoms with Crippen molar-refractivity contribution in [2.75, 3.05) is 0 Å².